The zero-order valence-electron chi connectivity index (χ0n) is 22.6. The Morgan fingerprint density at radius 1 is 0.450 bits per heavy atom. The Morgan fingerprint density at radius 2 is 1.02 bits per heavy atom. The third kappa shape index (κ3) is 2.67. The quantitative estimate of drug-likeness (QED) is 0.194. The number of benzene rings is 7. The SMILES string of the molecule is CC1(C)c2ccccc2-c2ccc3c(c21)c1ccccc1n3-c1ccc2c3ccccc3c3ccccc3c2c1. The second kappa shape index (κ2) is 7.61. The van der Waals surface area contributed by atoms with E-state index < -0.39 is 0 Å². The van der Waals surface area contributed by atoms with Crippen LogP contribution in [0.25, 0.3) is 70.9 Å². The molecule has 0 fully saturated rings. The van der Waals surface area contributed by atoms with E-state index in [1.807, 2.05) is 0 Å². The molecule has 0 radical (unpaired) electrons. The van der Waals surface area contributed by atoms with Crippen molar-refractivity contribution in [2.75, 3.05) is 0 Å². The van der Waals surface area contributed by atoms with Crippen LogP contribution in [-0.2, 0) is 5.41 Å². The van der Waals surface area contributed by atoms with Crippen LogP contribution in [-0.4, -0.2) is 4.57 Å². The molecule has 0 bridgehead atoms. The number of hydrogen-bond donors (Lipinski definition) is 0. The summed E-state index contributed by atoms with van der Waals surface area (Å²) in [7, 11) is 0. The lowest BCUT2D eigenvalue weighted by Crippen LogP contribution is -2.15. The first-order chi connectivity index (χ1) is 19.6. The summed E-state index contributed by atoms with van der Waals surface area (Å²) in [5.74, 6) is 0. The summed E-state index contributed by atoms with van der Waals surface area (Å²) < 4.78 is 2.48. The number of aromatic nitrogens is 1. The van der Waals surface area contributed by atoms with Crippen molar-refractivity contribution in [3.05, 3.63) is 139 Å². The molecule has 40 heavy (non-hydrogen) atoms. The summed E-state index contributed by atoms with van der Waals surface area (Å²) in [6.45, 7) is 4.77. The van der Waals surface area contributed by atoms with Crippen LogP contribution in [0, 0.1) is 0 Å². The van der Waals surface area contributed by atoms with Crippen molar-refractivity contribution in [1.29, 1.82) is 0 Å². The van der Waals surface area contributed by atoms with Crippen LogP contribution in [0.15, 0.2) is 127 Å². The van der Waals surface area contributed by atoms with E-state index in [0.717, 1.165) is 0 Å². The molecule has 0 saturated heterocycles. The predicted octanol–water partition coefficient (Wildman–Crippen LogP) is 10.5. The summed E-state index contributed by atoms with van der Waals surface area (Å²) >= 11 is 0. The maximum atomic E-state index is 2.48. The van der Waals surface area contributed by atoms with Gasteiger partial charge in [-0.15, -0.1) is 0 Å². The van der Waals surface area contributed by atoms with Gasteiger partial charge in [-0.25, -0.2) is 0 Å². The molecule has 1 nitrogen and oxygen atoms in total. The molecule has 9 rings (SSSR count). The van der Waals surface area contributed by atoms with Gasteiger partial charge in [-0.2, -0.15) is 0 Å². The first-order valence-corrected chi connectivity index (χ1v) is 14.1. The summed E-state index contributed by atoms with van der Waals surface area (Å²) in [6, 6.07) is 47.2. The largest absolute Gasteiger partial charge is 0.309 e. The van der Waals surface area contributed by atoms with Gasteiger partial charge in [0.2, 0.25) is 0 Å². The van der Waals surface area contributed by atoms with Gasteiger partial charge in [-0.05, 0) is 78.8 Å². The highest BCUT2D eigenvalue weighted by atomic mass is 15.0. The molecule has 7 aromatic carbocycles. The van der Waals surface area contributed by atoms with Gasteiger partial charge in [0.05, 0.1) is 11.0 Å². The molecule has 0 spiro atoms. The zero-order chi connectivity index (χ0) is 26.6. The highest BCUT2D eigenvalue weighted by Crippen LogP contribution is 2.53. The van der Waals surface area contributed by atoms with E-state index in [-0.39, 0.29) is 5.41 Å². The maximum absolute atomic E-state index is 2.48. The van der Waals surface area contributed by atoms with Crippen molar-refractivity contribution < 1.29 is 0 Å². The molecule has 1 heterocycles. The van der Waals surface area contributed by atoms with Gasteiger partial charge in [-0.3, -0.25) is 0 Å². The lowest BCUT2D eigenvalue weighted by molar-refractivity contribution is 0.666. The molecule has 1 aromatic heterocycles. The number of rotatable bonds is 1. The third-order valence-electron chi connectivity index (χ3n) is 9.34. The van der Waals surface area contributed by atoms with Gasteiger partial charge < -0.3 is 4.57 Å². The molecule has 0 atom stereocenters. The minimum Gasteiger partial charge on any atom is -0.309 e. The van der Waals surface area contributed by atoms with Crippen molar-refractivity contribution in [3.8, 4) is 16.8 Å². The Balaban J connectivity index is 1.42. The van der Waals surface area contributed by atoms with Crippen molar-refractivity contribution >= 4 is 54.1 Å². The molecule has 0 amide bonds. The molecule has 1 aliphatic rings. The average Bonchev–Trinajstić information content (AvgIpc) is 3.46. The maximum Gasteiger partial charge on any atom is 0.0544 e. The summed E-state index contributed by atoms with van der Waals surface area (Å²) in [5, 5.41) is 10.5. The van der Waals surface area contributed by atoms with Crippen LogP contribution in [0.3, 0.4) is 0 Å². The van der Waals surface area contributed by atoms with E-state index in [2.05, 4.69) is 146 Å². The molecular weight excluding hydrogens is 482 g/mol. The Labute approximate surface area is 232 Å². The molecule has 1 aliphatic carbocycles. The third-order valence-corrected chi connectivity index (χ3v) is 9.34. The normalized spacial score (nSPS) is 13.9. The van der Waals surface area contributed by atoms with E-state index in [4.69, 9.17) is 0 Å². The van der Waals surface area contributed by atoms with Crippen molar-refractivity contribution in [3.63, 3.8) is 0 Å². The van der Waals surface area contributed by atoms with E-state index >= 15 is 0 Å². The van der Waals surface area contributed by atoms with Gasteiger partial charge in [-0.1, -0.05) is 117 Å². The van der Waals surface area contributed by atoms with Gasteiger partial charge in [0.1, 0.15) is 0 Å². The Morgan fingerprint density at radius 3 is 1.75 bits per heavy atom. The predicted molar refractivity (Wildman–Crippen MR) is 171 cm³/mol. The molecule has 0 saturated carbocycles. The standard InChI is InChI=1S/C39H27N/c1-39(2)34-17-9-7-15-30(34)31-21-22-36-37(38(31)39)32-16-8-10-18-35(32)40(36)24-19-20-29-27-13-4-3-11-25(27)26-12-5-6-14-28(26)33(29)23-24/h3-23H,1-2H3. The Hall–Kier alpha value is -4.88. The van der Waals surface area contributed by atoms with E-state index in [9.17, 15) is 0 Å². The number of para-hydroxylation sites is 1. The molecule has 188 valence electrons. The smallest absolute Gasteiger partial charge is 0.0544 e. The first-order valence-electron chi connectivity index (χ1n) is 14.1. The summed E-state index contributed by atoms with van der Waals surface area (Å²) in [4.78, 5) is 0. The topological polar surface area (TPSA) is 4.93 Å². The van der Waals surface area contributed by atoms with Gasteiger partial charge in [0, 0.05) is 21.9 Å². The zero-order valence-corrected chi connectivity index (χ0v) is 22.6. The molecule has 1 heteroatoms. The van der Waals surface area contributed by atoms with Crippen LogP contribution in [0.5, 0.6) is 0 Å². The van der Waals surface area contributed by atoms with Crippen LogP contribution in [0.1, 0.15) is 25.0 Å². The minimum atomic E-state index is -0.0705. The van der Waals surface area contributed by atoms with Crippen molar-refractivity contribution in [1.82, 2.24) is 4.57 Å². The van der Waals surface area contributed by atoms with Crippen LogP contribution in [0.4, 0.5) is 0 Å². The van der Waals surface area contributed by atoms with Crippen LogP contribution in [0.2, 0.25) is 0 Å². The monoisotopic (exact) mass is 509 g/mol. The van der Waals surface area contributed by atoms with E-state index in [1.165, 1.54) is 82.1 Å². The average molecular weight is 510 g/mol. The lowest BCUT2D eigenvalue weighted by atomic mass is 9.80. The molecule has 8 aromatic rings. The second-order valence-corrected chi connectivity index (χ2v) is 11.7. The Kier molecular flexibility index (Phi) is 4.18. The fourth-order valence-corrected chi connectivity index (χ4v) is 7.64. The van der Waals surface area contributed by atoms with Gasteiger partial charge >= 0.3 is 0 Å². The Bertz CT molecular complexity index is 2310. The van der Waals surface area contributed by atoms with Crippen molar-refractivity contribution in [2.24, 2.45) is 0 Å². The van der Waals surface area contributed by atoms with E-state index in [1.54, 1.807) is 0 Å². The summed E-state index contributed by atoms with van der Waals surface area (Å²) in [5.41, 5.74) is 9.24. The van der Waals surface area contributed by atoms with E-state index in [0.29, 0.717) is 0 Å². The summed E-state index contributed by atoms with van der Waals surface area (Å²) in [6.07, 6.45) is 0. The van der Waals surface area contributed by atoms with Gasteiger partial charge in [0.25, 0.3) is 0 Å². The first kappa shape index (κ1) is 22.0. The highest BCUT2D eigenvalue weighted by Gasteiger charge is 2.37. The van der Waals surface area contributed by atoms with Crippen molar-refractivity contribution in [2.45, 2.75) is 19.3 Å². The minimum absolute atomic E-state index is 0.0705. The molecule has 0 unspecified atom stereocenters. The second-order valence-electron chi connectivity index (χ2n) is 11.7. The number of hydrogen-bond acceptors (Lipinski definition) is 0. The molecule has 0 aliphatic heterocycles. The number of nitrogens with zero attached hydrogens (tertiary/aromatic N) is 1. The fraction of sp³-hybridized carbons (Fsp3) is 0.0769. The van der Waals surface area contributed by atoms with Crippen LogP contribution >= 0.6 is 0 Å². The highest BCUT2D eigenvalue weighted by molar-refractivity contribution is 6.25. The molecular formula is C39H27N. The lowest BCUT2D eigenvalue weighted by Gasteiger charge is -2.22. The van der Waals surface area contributed by atoms with Crippen LogP contribution < -0.4 is 0 Å². The van der Waals surface area contributed by atoms with Gasteiger partial charge in [0.15, 0.2) is 0 Å². The number of fused-ring (bicyclic) bond motifs is 13. The molecule has 0 N–H and O–H groups in total. The fourth-order valence-electron chi connectivity index (χ4n) is 7.64.